The van der Waals surface area contributed by atoms with E-state index in [-0.39, 0.29) is 19.1 Å². The minimum atomic E-state index is -4.60. The Labute approximate surface area is 401 Å². The van der Waals surface area contributed by atoms with Crippen LogP contribution in [0.1, 0.15) is 213 Å². The fourth-order valence-corrected chi connectivity index (χ4v) is 7.94. The molecular weight excluding hydrogens is 828 g/mol. The molecule has 3 atom stereocenters. The summed E-state index contributed by atoms with van der Waals surface area (Å²) in [4.78, 5) is 25.4. The minimum Gasteiger partial charge on any atom is -0.756 e. The van der Waals surface area contributed by atoms with Gasteiger partial charge in [-0.1, -0.05) is 221 Å². The third-order valence-electron chi connectivity index (χ3n) is 11.4. The molecule has 2 N–H and O–H groups in total. The molecule has 1 amide bonds. The summed E-state index contributed by atoms with van der Waals surface area (Å²) in [6.45, 7) is 4.52. The molecule has 0 bridgehead atoms. The maximum atomic E-state index is 12.9. The molecule has 0 aliphatic heterocycles. The van der Waals surface area contributed by atoms with Gasteiger partial charge in [0.05, 0.1) is 39.9 Å². The summed E-state index contributed by atoms with van der Waals surface area (Å²) in [6.07, 6.45) is 65.0. The molecule has 0 heterocycles. The second-order valence-electron chi connectivity index (χ2n) is 18.9. The first-order chi connectivity index (χ1) is 31.5. The molecule has 0 radical (unpaired) electrons. The molecule has 0 saturated heterocycles. The first kappa shape index (κ1) is 62.7. The second kappa shape index (κ2) is 46.8. The van der Waals surface area contributed by atoms with E-state index in [4.69, 9.17) is 9.05 Å². The van der Waals surface area contributed by atoms with Crippen molar-refractivity contribution in [3.8, 4) is 0 Å². The van der Waals surface area contributed by atoms with E-state index >= 15 is 0 Å². The topological polar surface area (TPSA) is 108 Å². The van der Waals surface area contributed by atoms with E-state index in [9.17, 15) is 19.4 Å². The van der Waals surface area contributed by atoms with Crippen LogP contribution in [0.3, 0.4) is 0 Å². The van der Waals surface area contributed by atoms with Crippen molar-refractivity contribution in [2.75, 3.05) is 40.9 Å². The van der Waals surface area contributed by atoms with Crippen molar-refractivity contribution < 1.29 is 32.9 Å². The van der Waals surface area contributed by atoms with Gasteiger partial charge in [-0.25, -0.2) is 0 Å². The standard InChI is InChI=1S/C56H101N2O6P/c1-6-8-10-12-14-16-18-20-22-23-24-25-26-27-28-29-30-31-32-33-34-35-36-38-40-42-44-46-48-50-56(60)57-54(53-64-65(61,62)63-52-51-58(3,4)5)55(59)49-47-45-43-41-39-37-21-19-17-15-13-11-9-7-2/h8,10,14,16,20,22,24-25,27-28,30-31,47,49,54-55,59H,6-7,9,11-13,15,17-19,21,23,26,29,32-46,48,50-53H2,1-5H3,(H-,57,60,61,62)/b10-8-,16-14-,22-20-,25-24-,28-27-,31-30-,49-47+. The number of nitrogens with one attached hydrogen (secondary N) is 1. The van der Waals surface area contributed by atoms with Crippen LogP contribution in [0.2, 0.25) is 0 Å². The zero-order chi connectivity index (χ0) is 47.8. The number of hydrogen-bond donors (Lipinski definition) is 2. The van der Waals surface area contributed by atoms with E-state index < -0.39 is 20.0 Å². The minimum absolute atomic E-state index is 0.00542. The van der Waals surface area contributed by atoms with Crippen LogP contribution in [-0.2, 0) is 18.4 Å². The highest BCUT2D eigenvalue weighted by Crippen LogP contribution is 2.38. The van der Waals surface area contributed by atoms with Crippen LogP contribution < -0.4 is 10.2 Å². The van der Waals surface area contributed by atoms with Crippen molar-refractivity contribution in [1.29, 1.82) is 0 Å². The number of phosphoric ester groups is 1. The van der Waals surface area contributed by atoms with Crippen LogP contribution in [0.4, 0.5) is 0 Å². The Kier molecular flexibility index (Phi) is 45.1. The molecule has 0 aliphatic rings. The largest absolute Gasteiger partial charge is 0.756 e. The molecule has 0 saturated carbocycles. The summed E-state index contributed by atoms with van der Waals surface area (Å²) in [5.74, 6) is -0.206. The van der Waals surface area contributed by atoms with Gasteiger partial charge in [-0.3, -0.25) is 9.36 Å². The summed E-state index contributed by atoms with van der Waals surface area (Å²) in [5, 5.41) is 13.8. The van der Waals surface area contributed by atoms with Gasteiger partial charge in [0.25, 0.3) is 7.82 Å². The Bertz CT molecular complexity index is 1330. The number of carbonyl (C=O) groups is 1. The van der Waals surface area contributed by atoms with Crippen molar-refractivity contribution in [2.24, 2.45) is 0 Å². The molecule has 0 aromatic heterocycles. The molecule has 3 unspecified atom stereocenters. The van der Waals surface area contributed by atoms with Crippen LogP contribution in [0, 0.1) is 0 Å². The average Bonchev–Trinajstić information content (AvgIpc) is 3.26. The van der Waals surface area contributed by atoms with Crippen LogP contribution >= 0.6 is 7.82 Å². The number of amides is 1. The summed E-state index contributed by atoms with van der Waals surface area (Å²) in [6, 6.07) is -0.893. The van der Waals surface area contributed by atoms with E-state index in [1.807, 2.05) is 27.2 Å². The van der Waals surface area contributed by atoms with E-state index in [0.717, 1.165) is 83.5 Å². The lowest BCUT2D eigenvalue weighted by Gasteiger charge is -2.29. The van der Waals surface area contributed by atoms with E-state index in [0.29, 0.717) is 17.4 Å². The maximum absolute atomic E-state index is 12.9. The Hall–Kier alpha value is -2.32. The van der Waals surface area contributed by atoms with Crippen molar-refractivity contribution in [1.82, 2.24) is 5.32 Å². The Morgan fingerprint density at radius 1 is 0.554 bits per heavy atom. The van der Waals surface area contributed by atoms with Crippen molar-refractivity contribution in [2.45, 2.75) is 225 Å². The van der Waals surface area contributed by atoms with Gasteiger partial charge in [-0.15, -0.1) is 0 Å². The number of carbonyl (C=O) groups excluding carboxylic acids is 1. The molecule has 0 aromatic rings. The number of nitrogens with zero attached hydrogens (tertiary/aromatic N) is 1. The number of unbranched alkanes of at least 4 members (excludes halogenated alkanes) is 22. The first-order valence-corrected chi connectivity index (χ1v) is 27.9. The normalized spacial score (nSPS) is 14.8. The van der Waals surface area contributed by atoms with Crippen molar-refractivity contribution in [3.63, 3.8) is 0 Å². The first-order valence-electron chi connectivity index (χ1n) is 26.4. The Morgan fingerprint density at radius 3 is 1.37 bits per heavy atom. The quantitative estimate of drug-likeness (QED) is 0.0272. The van der Waals surface area contributed by atoms with Gasteiger partial charge in [0.1, 0.15) is 13.2 Å². The number of phosphoric acid groups is 1. The van der Waals surface area contributed by atoms with Crippen LogP contribution in [0.25, 0.3) is 0 Å². The lowest BCUT2D eigenvalue weighted by molar-refractivity contribution is -0.870. The molecule has 376 valence electrons. The van der Waals surface area contributed by atoms with E-state index in [2.05, 4.69) is 92.1 Å². The van der Waals surface area contributed by atoms with Crippen molar-refractivity contribution in [3.05, 3.63) is 85.1 Å². The fraction of sp³-hybridized carbons (Fsp3) is 0.732. The van der Waals surface area contributed by atoms with Gasteiger partial charge >= 0.3 is 0 Å². The molecule has 0 fully saturated rings. The summed E-state index contributed by atoms with van der Waals surface area (Å²) in [5.41, 5.74) is 0. The lowest BCUT2D eigenvalue weighted by atomic mass is 10.0. The highest BCUT2D eigenvalue weighted by atomic mass is 31.2. The van der Waals surface area contributed by atoms with Crippen LogP contribution in [0.5, 0.6) is 0 Å². The number of aliphatic hydroxyl groups is 1. The molecule has 0 rings (SSSR count). The molecule has 65 heavy (non-hydrogen) atoms. The maximum Gasteiger partial charge on any atom is 0.268 e. The highest BCUT2D eigenvalue weighted by molar-refractivity contribution is 7.45. The number of hydrogen-bond acceptors (Lipinski definition) is 6. The molecule has 9 heteroatoms. The zero-order valence-corrected chi connectivity index (χ0v) is 43.6. The van der Waals surface area contributed by atoms with Crippen LogP contribution in [-0.4, -0.2) is 68.5 Å². The van der Waals surface area contributed by atoms with Gasteiger partial charge in [0.2, 0.25) is 5.91 Å². The number of allylic oxidation sites excluding steroid dienone is 13. The molecule has 8 nitrogen and oxygen atoms in total. The second-order valence-corrected chi connectivity index (χ2v) is 20.3. The van der Waals surface area contributed by atoms with E-state index in [1.165, 1.54) is 109 Å². The fourth-order valence-electron chi connectivity index (χ4n) is 7.21. The highest BCUT2D eigenvalue weighted by Gasteiger charge is 2.23. The summed E-state index contributed by atoms with van der Waals surface area (Å²) in [7, 11) is 1.25. The third-order valence-corrected chi connectivity index (χ3v) is 12.3. The molecule has 0 aromatic carbocycles. The van der Waals surface area contributed by atoms with Gasteiger partial charge in [0, 0.05) is 6.42 Å². The smallest absolute Gasteiger partial charge is 0.268 e. The monoisotopic (exact) mass is 929 g/mol. The van der Waals surface area contributed by atoms with Gasteiger partial charge < -0.3 is 28.8 Å². The van der Waals surface area contributed by atoms with Crippen molar-refractivity contribution >= 4 is 13.7 Å². The zero-order valence-electron chi connectivity index (χ0n) is 42.7. The number of aliphatic hydroxyl groups excluding tert-OH is 1. The van der Waals surface area contributed by atoms with Gasteiger partial charge in [0.15, 0.2) is 0 Å². The van der Waals surface area contributed by atoms with Gasteiger partial charge in [-0.2, -0.15) is 0 Å². The predicted molar refractivity (Wildman–Crippen MR) is 279 cm³/mol. The number of likely N-dealkylation sites (N-methyl/N-ethyl adjacent to an activating group) is 1. The molecular formula is C56H101N2O6P. The average molecular weight is 929 g/mol. The summed E-state index contributed by atoms with van der Waals surface area (Å²) >= 11 is 0. The third kappa shape index (κ3) is 49.4. The number of quaternary nitrogens is 1. The van der Waals surface area contributed by atoms with Gasteiger partial charge in [-0.05, 0) is 70.6 Å². The Morgan fingerprint density at radius 2 is 0.938 bits per heavy atom. The Balaban J connectivity index is 4.22. The summed E-state index contributed by atoms with van der Waals surface area (Å²) < 4.78 is 23.3. The van der Waals surface area contributed by atoms with E-state index in [1.54, 1.807) is 6.08 Å². The number of rotatable bonds is 47. The predicted octanol–water partition coefficient (Wildman–Crippen LogP) is 15.1. The molecule has 0 spiro atoms. The SMILES string of the molecule is CC/C=C\C/C=C\C/C=C\C/C=C\C/C=C\C/C=C\CCCCCCCCCCCCC(=O)NC(COP(=O)([O-])OCC[N+](C)(C)C)C(O)/C=C/CCCCCCCCCCCCCC. The lowest BCUT2D eigenvalue weighted by Crippen LogP contribution is -2.45. The van der Waals surface area contributed by atoms with Crippen LogP contribution in [0.15, 0.2) is 85.1 Å². The molecule has 0 aliphatic carbocycles.